The van der Waals surface area contributed by atoms with E-state index in [2.05, 4.69) is 15.3 Å². The number of nitrogens with one attached hydrogen (secondary N) is 2. The molecule has 3 N–H and O–H groups in total. The summed E-state index contributed by atoms with van der Waals surface area (Å²) in [7, 11) is 0. The summed E-state index contributed by atoms with van der Waals surface area (Å²) < 4.78 is 34.4. The van der Waals surface area contributed by atoms with Crippen LogP contribution in [0.25, 0.3) is 22.2 Å². The van der Waals surface area contributed by atoms with E-state index in [4.69, 9.17) is 4.74 Å². The highest BCUT2D eigenvalue weighted by atomic mass is 19.1. The number of benzene rings is 2. The summed E-state index contributed by atoms with van der Waals surface area (Å²) in [4.78, 5) is 21.9. The molecule has 2 aromatic heterocycles. The van der Waals surface area contributed by atoms with E-state index in [1.54, 1.807) is 24.3 Å². The number of hydrogen-bond donors (Lipinski definition) is 3. The molecule has 35 heavy (non-hydrogen) atoms. The van der Waals surface area contributed by atoms with Crippen molar-refractivity contribution in [3.8, 4) is 17.1 Å². The Labute approximate surface area is 200 Å². The van der Waals surface area contributed by atoms with E-state index < -0.39 is 11.6 Å². The van der Waals surface area contributed by atoms with Gasteiger partial charge in [0, 0.05) is 17.4 Å². The van der Waals surface area contributed by atoms with Crippen LogP contribution in [-0.4, -0.2) is 51.2 Å². The monoisotopic (exact) mass is 478 g/mol. The lowest BCUT2D eigenvalue weighted by molar-refractivity contribution is -0.0249. The molecule has 1 saturated heterocycles. The summed E-state index contributed by atoms with van der Waals surface area (Å²) in [5.41, 5.74) is 1.73. The molecule has 3 heterocycles. The number of nitrogens with zero attached hydrogens (tertiary/aromatic N) is 2. The number of carbonyl (C=O) groups excluding carboxylic acids is 1. The van der Waals surface area contributed by atoms with Crippen molar-refractivity contribution in [2.45, 2.75) is 25.9 Å². The normalized spacial score (nSPS) is 18.1. The molecule has 5 rings (SSSR count). The minimum Gasteiger partial charge on any atom is -0.494 e. The van der Waals surface area contributed by atoms with Gasteiger partial charge in [-0.2, -0.15) is 0 Å². The van der Waals surface area contributed by atoms with Gasteiger partial charge in [-0.25, -0.2) is 13.8 Å². The quantitative estimate of drug-likeness (QED) is 0.375. The van der Waals surface area contributed by atoms with Gasteiger partial charge in [0.2, 0.25) is 0 Å². The topological polar surface area (TPSA) is 90.5 Å². The van der Waals surface area contributed by atoms with E-state index >= 15 is 0 Å². The maximum Gasteiger partial charge on any atom is 0.254 e. The Morgan fingerprint density at radius 2 is 1.77 bits per heavy atom. The lowest BCUT2D eigenvalue weighted by atomic mass is 10.1. The lowest BCUT2D eigenvalue weighted by Gasteiger charge is -2.38. The molecule has 2 unspecified atom stereocenters. The molecule has 2 aromatic carbocycles. The van der Waals surface area contributed by atoms with Crippen molar-refractivity contribution < 1.29 is 23.4 Å². The van der Waals surface area contributed by atoms with Crippen molar-refractivity contribution in [1.82, 2.24) is 14.9 Å². The van der Waals surface area contributed by atoms with Crippen LogP contribution in [0, 0.1) is 11.6 Å². The summed E-state index contributed by atoms with van der Waals surface area (Å²) >= 11 is 0. The SMILES string of the molecule is CC1COCC(C)N1C(=O)c1ccc(Nc2cc(-c3c(F)cccc3F)nc3c[nH]c(O)c23)cc1. The smallest absolute Gasteiger partial charge is 0.254 e. The second-order valence-electron chi connectivity index (χ2n) is 8.70. The molecule has 0 spiro atoms. The zero-order valence-electron chi connectivity index (χ0n) is 19.2. The van der Waals surface area contributed by atoms with Gasteiger partial charge in [0.15, 0.2) is 5.88 Å². The summed E-state index contributed by atoms with van der Waals surface area (Å²) in [5.74, 6) is -1.68. The third-order valence-electron chi connectivity index (χ3n) is 6.16. The number of rotatable bonds is 4. The van der Waals surface area contributed by atoms with Crippen LogP contribution in [0.4, 0.5) is 20.2 Å². The highest BCUT2D eigenvalue weighted by Crippen LogP contribution is 2.36. The molecule has 0 aliphatic carbocycles. The number of aromatic nitrogens is 2. The zero-order chi connectivity index (χ0) is 24.7. The Hall–Kier alpha value is -3.98. The Balaban J connectivity index is 1.48. The number of amides is 1. The van der Waals surface area contributed by atoms with Crippen LogP contribution in [-0.2, 0) is 4.74 Å². The van der Waals surface area contributed by atoms with E-state index in [9.17, 15) is 18.7 Å². The van der Waals surface area contributed by atoms with Gasteiger partial charge in [0.25, 0.3) is 5.91 Å². The molecule has 1 fully saturated rings. The Kier molecular flexibility index (Phi) is 5.86. The maximum atomic E-state index is 14.4. The molecule has 1 aliphatic heterocycles. The van der Waals surface area contributed by atoms with Crippen molar-refractivity contribution >= 4 is 28.2 Å². The zero-order valence-corrected chi connectivity index (χ0v) is 19.2. The molecule has 4 aromatic rings. The van der Waals surface area contributed by atoms with Gasteiger partial charge in [-0.1, -0.05) is 6.07 Å². The molecule has 1 aliphatic rings. The first kappa shape index (κ1) is 22.8. The van der Waals surface area contributed by atoms with Crippen LogP contribution in [0.1, 0.15) is 24.2 Å². The third kappa shape index (κ3) is 4.19. The van der Waals surface area contributed by atoms with E-state index in [0.717, 1.165) is 12.1 Å². The number of H-pyrrole nitrogens is 1. The van der Waals surface area contributed by atoms with Crippen molar-refractivity contribution in [2.75, 3.05) is 18.5 Å². The van der Waals surface area contributed by atoms with E-state index in [-0.39, 0.29) is 35.1 Å². The van der Waals surface area contributed by atoms with Gasteiger partial charge < -0.3 is 25.0 Å². The highest BCUT2D eigenvalue weighted by Gasteiger charge is 2.30. The van der Waals surface area contributed by atoms with Gasteiger partial charge in [0.1, 0.15) is 11.6 Å². The Bertz CT molecular complexity index is 1370. The van der Waals surface area contributed by atoms with Gasteiger partial charge >= 0.3 is 0 Å². The van der Waals surface area contributed by atoms with Crippen LogP contribution in [0.15, 0.2) is 54.7 Å². The number of fused-ring (bicyclic) bond motifs is 1. The number of hydrogen-bond acceptors (Lipinski definition) is 5. The van der Waals surface area contributed by atoms with Crippen molar-refractivity contribution in [3.05, 3.63) is 71.9 Å². The van der Waals surface area contributed by atoms with Crippen molar-refractivity contribution in [3.63, 3.8) is 0 Å². The second-order valence-corrected chi connectivity index (χ2v) is 8.70. The number of morpholine rings is 1. The Morgan fingerprint density at radius 1 is 1.11 bits per heavy atom. The standard InChI is InChI=1S/C26H24F2N4O3/c1-14-12-35-13-15(2)32(14)26(34)16-6-8-17(9-7-16)30-21-10-20(23-18(27)4-3-5-19(23)28)31-22-11-29-25(33)24(21)22/h3-11,14-15,29-30,33H,12-13H2,1-2H3. The predicted molar refractivity (Wildman–Crippen MR) is 129 cm³/mol. The number of aromatic hydroxyl groups is 1. The van der Waals surface area contributed by atoms with E-state index in [1.165, 1.54) is 18.3 Å². The van der Waals surface area contributed by atoms with Gasteiger partial charge in [-0.05, 0) is 56.3 Å². The summed E-state index contributed by atoms with van der Waals surface area (Å²) in [6, 6.07) is 12.0. The number of pyridine rings is 1. The average molecular weight is 478 g/mol. The van der Waals surface area contributed by atoms with E-state index in [0.29, 0.717) is 41.1 Å². The fourth-order valence-corrected chi connectivity index (χ4v) is 4.50. The maximum absolute atomic E-state index is 14.4. The average Bonchev–Trinajstić information content (AvgIpc) is 3.20. The first-order valence-corrected chi connectivity index (χ1v) is 11.3. The Morgan fingerprint density at radius 3 is 2.43 bits per heavy atom. The van der Waals surface area contributed by atoms with Crippen LogP contribution in [0.5, 0.6) is 5.88 Å². The number of anilines is 2. The number of carbonyl (C=O) groups is 1. The summed E-state index contributed by atoms with van der Waals surface area (Å²) in [6.07, 6.45) is 1.46. The molecule has 0 saturated carbocycles. The van der Waals surface area contributed by atoms with Gasteiger partial charge in [-0.3, -0.25) is 4.79 Å². The summed E-state index contributed by atoms with van der Waals surface area (Å²) in [5, 5.41) is 13.9. The van der Waals surface area contributed by atoms with Crippen molar-refractivity contribution in [2.24, 2.45) is 0 Å². The number of ether oxygens (including phenoxy) is 1. The molecule has 9 heteroatoms. The third-order valence-corrected chi connectivity index (χ3v) is 6.16. The van der Waals surface area contributed by atoms with Crippen LogP contribution >= 0.6 is 0 Å². The minimum atomic E-state index is -0.739. The fourth-order valence-electron chi connectivity index (χ4n) is 4.50. The minimum absolute atomic E-state index is 0.0251. The second kappa shape index (κ2) is 8.99. The highest BCUT2D eigenvalue weighted by molar-refractivity contribution is 5.99. The fraction of sp³-hybridized carbons (Fsp3) is 0.231. The van der Waals surface area contributed by atoms with Gasteiger partial charge in [-0.15, -0.1) is 0 Å². The first-order chi connectivity index (χ1) is 16.8. The van der Waals surface area contributed by atoms with Crippen LogP contribution < -0.4 is 5.32 Å². The number of halogens is 2. The number of aromatic amines is 1. The lowest BCUT2D eigenvalue weighted by Crippen LogP contribution is -2.52. The molecular weight excluding hydrogens is 454 g/mol. The molecule has 2 atom stereocenters. The van der Waals surface area contributed by atoms with E-state index in [1.807, 2.05) is 18.7 Å². The van der Waals surface area contributed by atoms with Gasteiger partial charge in [0.05, 0.1) is 53.1 Å². The first-order valence-electron chi connectivity index (χ1n) is 11.3. The molecule has 7 nitrogen and oxygen atoms in total. The molecule has 180 valence electrons. The van der Waals surface area contributed by atoms with Crippen LogP contribution in [0.3, 0.4) is 0 Å². The molecule has 1 amide bonds. The largest absolute Gasteiger partial charge is 0.494 e. The van der Waals surface area contributed by atoms with Crippen molar-refractivity contribution in [1.29, 1.82) is 0 Å². The molecule has 0 bridgehead atoms. The predicted octanol–water partition coefficient (Wildman–Crippen LogP) is 5.21. The van der Waals surface area contributed by atoms with Crippen LogP contribution in [0.2, 0.25) is 0 Å². The molecule has 0 radical (unpaired) electrons. The summed E-state index contributed by atoms with van der Waals surface area (Å²) in [6.45, 7) is 4.91. The molecular formula is C26H24F2N4O3.